The molecule has 37 heavy (non-hydrogen) atoms. The Morgan fingerprint density at radius 2 is 1.73 bits per heavy atom. The van der Waals surface area contributed by atoms with Crippen molar-refractivity contribution < 1.29 is 22.7 Å². The Bertz CT molecular complexity index is 1140. The minimum absolute atomic E-state index is 0.0340. The fraction of sp³-hybridized carbons (Fsp3) is 0.500. The SMILES string of the molecule is C[C@@H](C(=O)NC[C@H]1CCCO1)N(Cc1ccccc1)C(=O)CCc1ccc(S(=O)(=O)N2CCCC2)cc1. The molecule has 0 saturated carbocycles. The number of benzene rings is 2. The van der Waals surface area contributed by atoms with E-state index < -0.39 is 16.1 Å². The van der Waals surface area contributed by atoms with E-state index in [1.54, 1.807) is 36.1 Å². The molecule has 8 nitrogen and oxygen atoms in total. The highest BCUT2D eigenvalue weighted by molar-refractivity contribution is 7.89. The number of sulfonamides is 1. The van der Waals surface area contributed by atoms with E-state index in [4.69, 9.17) is 4.74 Å². The number of hydrogen-bond donors (Lipinski definition) is 1. The number of nitrogens with one attached hydrogen (secondary N) is 1. The molecule has 2 fully saturated rings. The van der Waals surface area contributed by atoms with Crippen LogP contribution >= 0.6 is 0 Å². The standard InChI is InChI=1S/C28H37N3O5S/c1-22(28(33)29-20-25-10-7-19-36-25)31(21-24-8-3-2-4-9-24)27(32)16-13-23-11-14-26(15-12-23)37(34,35)30-17-5-6-18-30/h2-4,8-9,11-12,14-15,22,25H,5-7,10,13,16-21H2,1H3,(H,29,33)/t22-,25+/m0/s1. The summed E-state index contributed by atoms with van der Waals surface area (Å²) >= 11 is 0. The van der Waals surface area contributed by atoms with Crippen molar-refractivity contribution in [3.8, 4) is 0 Å². The van der Waals surface area contributed by atoms with Crippen molar-refractivity contribution >= 4 is 21.8 Å². The molecular weight excluding hydrogens is 490 g/mol. The largest absolute Gasteiger partial charge is 0.376 e. The second-order valence-corrected chi connectivity index (χ2v) is 11.8. The third kappa shape index (κ3) is 7.18. The van der Waals surface area contributed by atoms with Crippen molar-refractivity contribution in [3.63, 3.8) is 0 Å². The molecule has 2 aromatic rings. The lowest BCUT2D eigenvalue weighted by molar-refractivity contribution is -0.140. The summed E-state index contributed by atoms with van der Waals surface area (Å²) in [5, 5.41) is 2.94. The molecule has 2 aliphatic rings. The average molecular weight is 528 g/mol. The number of carbonyl (C=O) groups is 2. The molecule has 2 saturated heterocycles. The summed E-state index contributed by atoms with van der Waals surface area (Å²) in [7, 11) is -3.46. The molecule has 4 rings (SSSR count). The smallest absolute Gasteiger partial charge is 0.243 e. The van der Waals surface area contributed by atoms with Crippen LogP contribution in [-0.2, 0) is 37.3 Å². The Kier molecular flexibility index (Phi) is 9.34. The van der Waals surface area contributed by atoms with Gasteiger partial charge in [0.25, 0.3) is 0 Å². The molecule has 2 aromatic carbocycles. The Labute approximate surface area is 220 Å². The number of hydrogen-bond acceptors (Lipinski definition) is 5. The first-order valence-electron chi connectivity index (χ1n) is 13.2. The van der Waals surface area contributed by atoms with Crippen LogP contribution in [0.5, 0.6) is 0 Å². The molecule has 1 N–H and O–H groups in total. The van der Waals surface area contributed by atoms with Gasteiger partial charge in [-0.15, -0.1) is 0 Å². The molecule has 2 heterocycles. The zero-order valence-electron chi connectivity index (χ0n) is 21.5. The van der Waals surface area contributed by atoms with Gasteiger partial charge in [0.2, 0.25) is 21.8 Å². The van der Waals surface area contributed by atoms with Gasteiger partial charge in [-0.1, -0.05) is 42.5 Å². The van der Waals surface area contributed by atoms with E-state index >= 15 is 0 Å². The predicted octanol–water partition coefficient (Wildman–Crippen LogP) is 3.12. The summed E-state index contributed by atoms with van der Waals surface area (Å²) in [5.41, 5.74) is 1.83. The Balaban J connectivity index is 1.38. The quantitative estimate of drug-likeness (QED) is 0.485. The van der Waals surface area contributed by atoms with Crippen molar-refractivity contribution in [2.24, 2.45) is 0 Å². The van der Waals surface area contributed by atoms with Gasteiger partial charge in [0, 0.05) is 39.2 Å². The first kappa shape index (κ1) is 27.3. The lowest BCUT2D eigenvalue weighted by Crippen LogP contribution is -2.49. The third-order valence-electron chi connectivity index (χ3n) is 7.14. The van der Waals surface area contributed by atoms with Crippen molar-refractivity contribution in [2.45, 2.75) is 69.0 Å². The molecule has 0 radical (unpaired) electrons. The molecule has 0 bridgehead atoms. The number of carbonyl (C=O) groups excluding carboxylic acids is 2. The lowest BCUT2D eigenvalue weighted by Gasteiger charge is -2.29. The molecule has 2 amide bonds. The van der Waals surface area contributed by atoms with E-state index in [0.29, 0.717) is 32.6 Å². The summed E-state index contributed by atoms with van der Waals surface area (Å²) in [6.07, 6.45) is 4.42. The minimum atomic E-state index is -3.46. The average Bonchev–Trinajstić information content (AvgIpc) is 3.65. The topological polar surface area (TPSA) is 96.0 Å². The highest BCUT2D eigenvalue weighted by Crippen LogP contribution is 2.22. The van der Waals surface area contributed by atoms with Crippen LogP contribution in [0.2, 0.25) is 0 Å². The van der Waals surface area contributed by atoms with Crippen LogP contribution in [0.15, 0.2) is 59.5 Å². The van der Waals surface area contributed by atoms with Crippen molar-refractivity contribution in [2.75, 3.05) is 26.2 Å². The van der Waals surface area contributed by atoms with Gasteiger partial charge in [0.05, 0.1) is 11.0 Å². The van der Waals surface area contributed by atoms with E-state index in [-0.39, 0.29) is 29.2 Å². The summed E-state index contributed by atoms with van der Waals surface area (Å²) < 4.78 is 32.7. The normalized spacial score (nSPS) is 19.0. The summed E-state index contributed by atoms with van der Waals surface area (Å²) in [5.74, 6) is -0.325. The number of nitrogens with zero attached hydrogens (tertiary/aromatic N) is 2. The number of amides is 2. The second kappa shape index (κ2) is 12.7. The first-order chi connectivity index (χ1) is 17.8. The van der Waals surface area contributed by atoms with Gasteiger partial charge in [-0.2, -0.15) is 4.31 Å². The zero-order valence-corrected chi connectivity index (χ0v) is 22.3. The van der Waals surface area contributed by atoms with Gasteiger partial charge in [0.1, 0.15) is 6.04 Å². The van der Waals surface area contributed by atoms with Gasteiger partial charge in [-0.25, -0.2) is 8.42 Å². The van der Waals surface area contributed by atoms with Gasteiger partial charge in [-0.3, -0.25) is 9.59 Å². The molecule has 0 spiro atoms. The van der Waals surface area contributed by atoms with Crippen molar-refractivity contribution in [3.05, 3.63) is 65.7 Å². The summed E-state index contributed by atoms with van der Waals surface area (Å²) in [6.45, 7) is 4.39. The van der Waals surface area contributed by atoms with Gasteiger partial charge >= 0.3 is 0 Å². The van der Waals surface area contributed by atoms with Crippen LogP contribution in [0.1, 0.15) is 50.2 Å². The molecule has 2 atom stereocenters. The van der Waals surface area contributed by atoms with Crippen molar-refractivity contribution in [1.82, 2.24) is 14.5 Å². The summed E-state index contributed by atoms with van der Waals surface area (Å²) in [6, 6.07) is 15.8. The van der Waals surface area contributed by atoms with E-state index in [1.807, 2.05) is 30.3 Å². The maximum absolute atomic E-state index is 13.3. The minimum Gasteiger partial charge on any atom is -0.376 e. The third-order valence-corrected chi connectivity index (χ3v) is 9.06. The van der Waals surface area contributed by atoms with Crippen molar-refractivity contribution in [1.29, 1.82) is 0 Å². The summed E-state index contributed by atoms with van der Waals surface area (Å²) in [4.78, 5) is 28.2. The monoisotopic (exact) mass is 527 g/mol. The highest BCUT2D eigenvalue weighted by atomic mass is 32.2. The first-order valence-corrected chi connectivity index (χ1v) is 14.6. The fourth-order valence-corrected chi connectivity index (χ4v) is 6.35. The van der Waals surface area contributed by atoms with E-state index in [0.717, 1.165) is 43.4 Å². The highest BCUT2D eigenvalue weighted by Gasteiger charge is 2.28. The number of ether oxygens (including phenoxy) is 1. The van der Waals surface area contributed by atoms with E-state index in [9.17, 15) is 18.0 Å². The van der Waals surface area contributed by atoms with Crippen LogP contribution in [0, 0.1) is 0 Å². The number of rotatable bonds is 11. The van der Waals surface area contributed by atoms with Gasteiger partial charge < -0.3 is 15.0 Å². The maximum atomic E-state index is 13.3. The molecular formula is C28H37N3O5S. The van der Waals surface area contributed by atoms with Gasteiger partial charge in [0.15, 0.2) is 0 Å². The predicted molar refractivity (Wildman–Crippen MR) is 141 cm³/mol. The molecule has 0 aromatic heterocycles. The lowest BCUT2D eigenvalue weighted by atomic mass is 10.1. The Hall–Kier alpha value is -2.75. The maximum Gasteiger partial charge on any atom is 0.243 e. The van der Waals surface area contributed by atoms with E-state index in [1.165, 1.54) is 4.31 Å². The Morgan fingerprint density at radius 3 is 2.38 bits per heavy atom. The van der Waals surface area contributed by atoms with Crippen LogP contribution < -0.4 is 5.32 Å². The molecule has 2 aliphatic heterocycles. The van der Waals surface area contributed by atoms with Gasteiger partial charge in [-0.05, 0) is 62.3 Å². The molecule has 0 aliphatic carbocycles. The van der Waals surface area contributed by atoms with E-state index in [2.05, 4.69) is 5.32 Å². The zero-order chi connectivity index (χ0) is 26.3. The fourth-order valence-electron chi connectivity index (χ4n) is 4.83. The van der Waals surface area contributed by atoms with Crippen LogP contribution in [0.25, 0.3) is 0 Å². The van der Waals surface area contributed by atoms with Crippen LogP contribution in [0.4, 0.5) is 0 Å². The number of aryl methyl sites for hydroxylation is 1. The second-order valence-electron chi connectivity index (χ2n) is 9.82. The van der Waals surface area contributed by atoms with Crippen LogP contribution in [-0.4, -0.2) is 67.8 Å². The Morgan fingerprint density at radius 1 is 1.03 bits per heavy atom. The van der Waals surface area contributed by atoms with Crippen LogP contribution in [0.3, 0.4) is 0 Å². The molecule has 200 valence electrons. The molecule has 9 heteroatoms. The molecule has 0 unspecified atom stereocenters.